The molecule has 29 heavy (non-hydrogen) atoms. The summed E-state index contributed by atoms with van der Waals surface area (Å²) >= 11 is 0. The summed E-state index contributed by atoms with van der Waals surface area (Å²) in [5.41, 5.74) is 3.00. The summed E-state index contributed by atoms with van der Waals surface area (Å²) in [6.45, 7) is 6.20. The van der Waals surface area contributed by atoms with Gasteiger partial charge >= 0.3 is 6.03 Å². The van der Waals surface area contributed by atoms with E-state index in [1.54, 1.807) is 36.3 Å². The van der Waals surface area contributed by atoms with E-state index in [0.717, 1.165) is 16.9 Å². The average molecular weight is 402 g/mol. The molecule has 1 N–H and O–H groups in total. The highest BCUT2D eigenvalue weighted by Gasteiger charge is 2.29. The van der Waals surface area contributed by atoms with E-state index >= 15 is 0 Å². The molecule has 1 aliphatic heterocycles. The maximum Gasteiger partial charge on any atom is 0.317 e. The molecule has 9 heteroatoms. The number of carbonyl (C=O) groups is 1. The van der Waals surface area contributed by atoms with E-state index in [-0.39, 0.29) is 11.6 Å². The molecule has 0 saturated heterocycles. The molecule has 0 aliphatic carbocycles. The normalized spacial score (nSPS) is 14.0. The van der Waals surface area contributed by atoms with Crippen LogP contribution >= 0.6 is 0 Å². The van der Waals surface area contributed by atoms with Gasteiger partial charge in [0.25, 0.3) is 6.43 Å². The molecule has 0 bridgehead atoms. The lowest BCUT2D eigenvalue weighted by Gasteiger charge is -2.28. The number of halogens is 2. The number of fused-ring (bicyclic) bond motifs is 1. The van der Waals surface area contributed by atoms with Crippen LogP contribution in [0.1, 0.15) is 18.2 Å². The van der Waals surface area contributed by atoms with Crippen LogP contribution in [0.25, 0.3) is 5.69 Å². The third-order valence-corrected chi connectivity index (χ3v) is 4.93. The average Bonchev–Trinajstić information content (AvgIpc) is 3.11. The Balaban J connectivity index is 2.05. The number of anilines is 1. The second-order valence-electron chi connectivity index (χ2n) is 6.83. The third-order valence-electron chi connectivity index (χ3n) is 4.93. The number of amides is 2. The molecular weight excluding hydrogens is 378 g/mol. The van der Waals surface area contributed by atoms with Crippen molar-refractivity contribution in [2.45, 2.75) is 26.3 Å². The smallest absolute Gasteiger partial charge is 0.317 e. The lowest BCUT2D eigenvalue weighted by atomic mass is 10.1. The van der Waals surface area contributed by atoms with E-state index < -0.39 is 6.43 Å². The number of hydrogen-bond acceptors (Lipinski definition) is 4. The Morgan fingerprint density at radius 2 is 2.07 bits per heavy atom. The van der Waals surface area contributed by atoms with Gasteiger partial charge in [-0.25, -0.2) is 18.3 Å². The standard InChI is InChI=1S/C20H24F2N6O/c1-13(18(21)22)11-14(2)26(4)19-16-12-27(20(29)23-3)10-7-17(16)28(25-19)15-5-8-24-9-6-15/h5-6,8-9,11,18H,2,7,10,12H2,1,3-4H3,(H,23,29)/b13-11+. The van der Waals surface area contributed by atoms with Crippen molar-refractivity contribution in [2.24, 2.45) is 0 Å². The van der Waals surface area contributed by atoms with Crippen LogP contribution in [0.4, 0.5) is 19.4 Å². The third kappa shape index (κ3) is 4.13. The molecule has 3 rings (SSSR count). The quantitative estimate of drug-likeness (QED) is 0.781. The van der Waals surface area contributed by atoms with E-state index in [4.69, 9.17) is 5.10 Å². The van der Waals surface area contributed by atoms with Gasteiger partial charge in [0.05, 0.1) is 17.9 Å². The highest BCUT2D eigenvalue weighted by Crippen LogP contribution is 2.32. The van der Waals surface area contributed by atoms with E-state index in [0.29, 0.717) is 31.0 Å². The van der Waals surface area contributed by atoms with Crippen LogP contribution in [0.15, 0.2) is 48.5 Å². The number of aromatic nitrogens is 3. The Bertz CT molecular complexity index is 938. The van der Waals surface area contributed by atoms with Gasteiger partial charge < -0.3 is 15.1 Å². The number of carbonyl (C=O) groups excluding carboxylic acids is 1. The van der Waals surface area contributed by atoms with Gasteiger partial charge in [0.1, 0.15) is 0 Å². The van der Waals surface area contributed by atoms with E-state index in [1.165, 1.54) is 13.0 Å². The molecule has 154 valence electrons. The van der Waals surface area contributed by atoms with E-state index in [2.05, 4.69) is 16.9 Å². The number of allylic oxidation sites excluding steroid dienone is 2. The maximum atomic E-state index is 12.9. The van der Waals surface area contributed by atoms with E-state index in [1.807, 2.05) is 16.8 Å². The zero-order valence-corrected chi connectivity index (χ0v) is 16.7. The topological polar surface area (TPSA) is 66.3 Å². The Morgan fingerprint density at radius 1 is 1.38 bits per heavy atom. The number of alkyl halides is 2. The molecule has 0 radical (unpaired) electrons. The van der Waals surface area contributed by atoms with Gasteiger partial charge in [0, 0.05) is 50.7 Å². The fourth-order valence-corrected chi connectivity index (χ4v) is 3.26. The molecule has 0 atom stereocenters. The second-order valence-corrected chi connectivity index (χ2v) is 6.83. The number of nitrogens with zero attached hydrogens (tertiary/aromatic N) is 5. The molecule has 7 nitrogen and oxygen atoms in total. The molecule has 0 saturated carbocycles. The van der Waals surface area contributed by atoms with Crippen LogP contribution in [0.5, 0.6) is 0 Å². The van der Waals surface area contributed by atoms with Gasteiger partial charge in [-0.15, -0.1) is 5.10 Å². The van der Waals surface area contributed by atoms with Gasteiger partial charge in [0.15, 0.2) is 5.82 Å². The number of pyridine rings is 1. The highest BCUT2D eigenvalue weighted by molar-refractivity contribution is 5.74. The summed E-state index contributed by atoms with van der Waals surface area (Å²) < 4.78 is 27.7. The minimum atomic E-state index is -2.55. The van der Waals surface area contributed by atoms with Crippen LogP contribution in [-0.4, -0.2) is 52.8 Å². The minimum Gasteiger partial charge on any atom is -0.341 e. The number of urea groups is 1. The Morgan fingerprint density at radius 3 is 2.69 bits per heavy atom. The number of rotatable bonds is 5. The van der Waals surface area contributed by atoms with Crippen molar-refractivity contribution in [1.82, 2.24) is 25.0 Å². The van der Waals surface area contributed by atoms with Crippen LogP contribution < -0.4 is 10.2 Å². The summed E-state index contributed by atoms with van der Waals surface area (Å²) in [6.07, 6.45) is 2.78. The largest absolute Gasteiger partial charge is 0.341 e. The Hall–Kier alpha value is -3.23. The first kappa shape index (κ1) is 20.5. The van der Waals surface area contributed by atoms with Crippen molar-refractivity contribution < 1.29 is 13.6 Å². The second kappa shape index (κ2) is 8.42. The lowest BCUT2D eigenvalue weighted by Crippen LogP contribution is -2.41. The molecule has 1 aliphatic rings. The van der Waals surface area contributed by atoms with Crippen LogP contribution in [0.2, 0.25) is 0 Å². The molecular formula is C20H24F2N6O. The van der Waals surface area contributed by atoms with Crippen molar-refractivity contribution in [2.75, 3.05) is 25.5 Å². The first-order valence-electron chi connectivity index (χ1n) is 9.20. The van der Waals surface area contributed by atoms with Gasteiger partial charge in [-0.05, 0) is 30.7 Å². The van der Waals surface area contributed by atoms with E-state index in [9.17, 15) is 13.6 Å². The molecule has 2 aromatic heterocycles. The zero-order valence-electron chi connectivity index (χ0n) is 16.7. The summed E-state index contributed by atoms with van der Waals surface area (Å²) in [4.78, 5) is 19.6. The number of likely N-dealkylation sites (N-methyl/N-ethyl adjacent to an activating group) is 1. The number of nitrogens with one attached hydrogen (secondary N) is 1. The van der Waals surface area contributed by atoms with Gasteiger partial charge in [-0.2, -0.15) is 0 Å². The molecule has 0 fully saturated rings. The monoisotopic (exact) mass is 402 g/mol. The van der Waals surface area contributed by atoms with Crippen molar-refractivity contribution in [3.8, 4) is 5.69 Å². The van der Waals surface area contributed by atoms with Crippen LogP contribution in [0, 0.1) is 0 Å². The first-order valence-corrected chi connectivity index (χ1v) is 9.20. The molecule has 0 spiro atoms. The fraction of sp³-hybridized carbons (Fsp3) is 0.350. The van der Waals surface area contributed by atoms with Crippen LogP contribution in [-0.2, 0) is 13.0 Å². The predicted molar refractivity (Wildman–Crippen MR) is 107 cm³/mol. The first-order chi connectivity index (χ1) is 13.8. The Kier molecular flexibility index (Phi) is 5.95. The highest BCUT2D eigenvalue weighted by atomic mass is 19.3. The minimum absolute atomic E-state index is 0.0729. The summed E-state index contributed by atoms with van der Waals surface area (Å²) in [6, 6.07) is 3.52. The van der Waals surface area contributed by atoms with Gasteiger partial charge in [-0.3, -0.25) is 4.98 Å². The SMILES string of the molecule is C=C(/C=C(\C)C(F)F)N(C)c1nn(-c2ccncc2)c2c1CN(C(=O)NC)CC2. The molecule has 2 aromatic rings. The Labute approximate surface area is 168 Å². The van der Waals surface area contributed by atoms with Crippen molar-refractivity contribution >= 4 is 11.8 Å². The maximum absolute atomic E-state index is 12.9. The van der Waals surface area contributed by atoms with Crippen molar-refractivity contribution in [3.63, 3.8) is 0 Å². The molecule has 3 heterocycles. The van der Waals surface area contributed by atoms with Crippen molar-refractivity contribution in [1.29, 1.82) is 0 Å². The number of hydrogen-bond donors (Lipinski definition) is 1. The summed E-state index contributed by atoms with van der Waals surface area (Å²) in [5, 5.41) is 7.38. The van der Waals surface area contributed by atoms with Gasteiger partial charge in [0.2, 0.25) is 0 Å². The van der Waals surface area contributed by atoms with Crippen molar-refractivity contribution in [3.05, 3.63) is 59.7 Å². The molecule has 0 aromatic carbocycles. The predicted octanol–water partition coefficient (Wildman–Crippen LogP) is 3.13. The summed E-state index contributed by atoms with van der Waals surface area (Å²) in [5.74, 6) is 0.578. The lowest BCUT2D eigenvalue weighted by molar-refractivity contribution is 0.189. The summed E-state index contributed by atoms with van der Waals surface area (Å²) in [7, 11) is 3.32. The molecule has 2 amide bonds. The van der Waals surface area contributed by atoms with Gasteiger partial charge in [-0.1, -0.05) is 6.58 Å². The molecule has 0 unspecified atom stereocenters. The fourth-order valence-electron chi connectivity index (χ4n) is 3.26. The zero-order chi connectivity index (χ0) is 21.1. The van der Waals surface area contributed by atoms with Crippen LogP contribution in [0.3, 0.4) is 0 Å².